The van der Waals surface area contributed by atoms with Crippen LogP contribution in [0, 0.1) is 0 Å². The first-order chi connectivity index (χ1) is 12.8. The molecule has 0 radical (unpaired) electrons. The second-order valence-electron chi connectivity index (χ2n) is 6.91. The zero-order chi connectivity index (χ0) is 17.9. The standard InChI is InChI=1S/C19H24N6O/c20-17-16-14-7-9-25(11-13-5-2-1-3-6-13)12-15(14)18(21-8-4-10-26)22-19(16)24-23-17/h1-3,5-6,26H,4,7-12H2,(H4,20,21,22,23,24)/p+2. The third kappa shape index (κ3) is 3.23. The number of fused-ring (bicyclic) bond motifs is 3. The molecule has 136 valence electrons. The van der Waals surface area contributed by atoms with Gasteiger partial charge in [-0.15, -0.1) is 0 Å². The predicted octanol–water partition coefficient (Wildman–Crippen LogP) is -0.105. The first-order valence-corrected chi connectivity index (χ1v) is 9.19. The third-order valence-electron chi connectivity index (χ3n) is 5.09. The monoisotopic (exact) mass is 354 g/mol. The molecule has 0 bridgehead atoms. The van der Waals surface area contributed by atoms with Gasteiger partial charge in [0, 0.05) is 25.0 Å². The van der Waals surface area contributed by atoms with Crippen LogP contribution in [0.2, 0.25) is 0 Å². The summed E-state index contributed by atoms with van der Waals surface area (Å²) in [4.78, 5) is 4.92. The van der Waals surface area contributed by atoms with Gasteiger partial charge in [-0.3, -0.25) is 0 Å². The summed E-state index contributed by atoms with van der Waals surface area (Å²) in [6.07, 6.45) is 1.69. The predicted molar refractivity (Wildman–Crippen MR) is 101 cm³/mol. The third-order valence-corrected chi connectivity index (χ3v) is 5.09. The van der Waals surface area contributed by atoms with Crippen LogP contribution in [0.25, 0.3) is 11.0 Å². The summed E-state index contributed by atoms with van der Waals surface area (Å²) in [6.45, 7) is 3.91. The molecule has 3 aromatic rings. The largest absolute Gasteiger partial charge is 0.396 e. The highest BCUT2D eigenvalue weighted by atomic mass is 16.3. The van der Waals surface area contributed by atoms with Gasteiger partial charge < -0.3 is 21.1 Å². The fourth-order valence-electron chi connectivity index (χ4n) is 3.84. The van der Waals surface area contributed by atoms with Crippen molar-refractivity contribution in [3.05, 3.63) is 47.0 Å². The van der Waals surface area contributed by atoms with E-state index in [9.17, 15) is 0 Å². The van der Waals surface area contributed by atoms with E-state index in [2.05, 4.69) is 50.8 Å². The maximum absolute atomic E-state index is 9.08. The molecule has 7 nitrogen and oxygen atoms in total. The van der Waals surface area contributed by atoms with Crippen LogP contribution in [0.3, 0.4) is 0 Å². The molecule has 3 heterocycles. The molecule has 0 saturated heterocycles. The molecule has 7 N–H and O–H groups in total. The lowest BCUT2D eigenvalue weighted by Crippen LogP contribution is -3.10. The number of hydrogen-bond donors (Lipinski definition) is 5. The highest BCUT2D eigenvalue weighted by Gasteiger charge is 2.29. The van der Waals surface area contributed by atoms with E-state index in [1.807, 2.05) is 0 Å². The molecule has 0 spiro atoms. The number of anilines is 2. The van der Waals surface area contributed by atoms with Crippen LogP contribution in [0.5, 0.6) is 0 Å². The van der Waals surface area contributed by atoms with Crippen molar-refractivity contribution in [3.63, 3.8) is 0 Å². The molecule has 0 fully saturated rings. The van der Waals surface area contributed by atoms with Gasteiger partial charge >= 0.3 is 0 Å². The van der Waals surface area contributed by atoms with Crippen molar-refractivity contribution in [2.45, 2.75) is 25.9 Å². The number of rotatable bonds is 6. The van der Waals surface area contributed by atoms with Crippen LogP contribution in [0.15, 0.2) is 30.3 Å². The van der Waals surface area contributed by atoms with E-state index >= 15 is 0 Å². The van der Waals surface area contributed by atoms with Gasteiger partial charge in [0.1, 0.15) is 18.9 Å². The number of H-pyrrole nitrogens is 2. The molecule has 0 amide bonds. The van der Waals surface area contributed by atoms with Gasteiger partial charge in [0.15, 0.2) is 0 Å². The Kier molecular flexibility index (Phi) is 4.73. The summed E-state index contributed by atoms with van der Waals surface area (Å²) < 4.78 is 0. The van der Waals surface area contributed by atoms with Crippen LogP contribution < -0.4 is 20.9 Å². The fraction of sp³-hybridized carbons (Fsp3) is 0.368. The number of aliphatic hydroxyl groups is 1. The van der Waals surface area contributed by atoms with E-state index in [1.54, 1.807) is 0 Å². The van der Waals surface area contributed by atoms with E-state index < -0.39 is 0 Å². The zero-order valence-electron chi connectivity index (χ0n) is 14.8. The van der Waals surface area contributed by atoms with Crippen molar-refractivity contribution >= 4 is 22.7 Å². The number of aromatic nitrogens is 3. The Morgan fingerprint density at radius 3 is 2.92 bits per heavy atom. The van der Waals surface area contributed by atoms with E-state index in [1.165, 1.54) is 21.6 Å². The summed E-state index contributed by atoms with van der Waals surface area (Å²) in [6, 6.07) is 10.6. The maximum Gasteiger partial charge on any atom is 0.295 e. The molecule has 2 aromatic heterocycles. The van der Waals surface area contributed by atoms with Gasteiger partial charge in [0.2, 0.25) is 5.82 Å². The Bertz CT molecular complexity index is 892. The van der Waals surface area contributed by atoms with Crippen molar-refractivity contribution < 1.29 is 15.0 Å². The van der Waals surface area contributed by atoms with Crippen LogP contribution in [0.4, 0.5) is 11.6 Å². The first kappa shape index (κ1) is 16.8. The van der Waals surface area contributed by atoms with E-state index in [4.69, 9.17) is 10.8 Å². The Morgan fingerprint density at radius 2 is 2.12 bits per heavy atom. The van der Waals surface area contributed by atoms with Crippen LogP contribution >= 0.6 is 0 Å². The Morgan fingerprint density at radius 1 is 1.27 bits per heavy atom. The Labute approximate surface area is 152 Å². The molecule has 0 saturated carbocycles. The lowest BCUT2D eigenvalue weighted by molar-refractivity contribution is -0.929. The molecule has 0 aliphatic carbocycles. The lowest BCUT2D eigenvalue weighted by Gasteiger charge is -2.26. The average molecular weight is 354 g/mol. The molecular formula is C19H26N6O+2. The highest BCUT2D eigenvalue weighted by Crippen LogP contribution is 2.28. The minimum atomic E-state index is 0.179. The maximum atomic E-state index is 9.08. The number of quaternary nitrogens is 1. The average Bonchev–Trinajstić information content (AvgIpc) is 3.04. The smallest absolute Gasteiger partial charge is 0.295 e. The van der Waals surface area contributed by atoms with E-state index in [-0.39, 0.29) is 6.61 Å². The van der Waals surface area contributed by atoms with Gasteiger partial charge in [0.25, 0.3) is 5.65 Å². The summed E-state index contributed by atoms with van der Waals surface area (Å²) in [5, 5.41) is 20.7. The number of hydrogen-bond acceptors (Lipinski definition) is 4. The number of nitrogen functional groups attached to an aromatic ring is 1. The van der Waals surface area contributed by atoms with Crippen molar-refractivity contribution in [1.29, 1.82) is 0 Å². The lowest BCUT2D eigenvalue weighted by atomic mass is 9.97. The number of aromatic amines is 2. The van der Waals surface area contributed by atoms with Crippen LogP contribution in [-0.2, 0) is 19.5 Å². The molecule has 1 unspecified atom stereocenters. The first-order valence-electron chi connectivity index (χ1n) is 9.19. The van der Waals surface area contributed by atoms with E-state index in [0.29, 0.717) is 12.2 Å². The number of pyridine rings is 1. The number of aliphatic hydroxyl groups excluding tert-OH is 1. The second kappa shape index (κ2) is 7.31. The van der Waals surface area contributed by atoms with Crippen LogP contribution in [0.1, 0.15) is 23.1 Å². The molecule has 1 aromatic carbocycles. The zero-order valence-corrected chi connectivity index (χ0v) is 14.8. The normalized spacial score (nSPS) is 16.6. The minimum absolute atomic E-state index is 0.179. The number of nitrogens with one attached hydrogen (secondary N) is 4. The summed E-state index contributed by atoms with van der Waals surface area (Å²) in [5.74, 6) is 1.62. The molecule has 4 rings (SSSR count). The highest BCUT2D eigenvalue weighted by molar-refractivity contribution is 5.89. The second-order valence-corrected chi connectivity index (χ2v) is 6.91. The van der Waals surface area contributed by atoms with Gasteiger partial charge in [0.05, 0.1) is 24.0 Å². The van der Waals surface area contributed by atoms with Gasteiger partial charge in [-0.1, -0.05) is 30.3 Å². The van der Waals surface area contributed by atoms with Gasteiger partial charge in [-0.25, -0.2) is 4.98 Å². The summed E-state index contributed by atoms with van der Waals surface area (Å²) in [7, 11) is 0. The topological polar surface area (TPSA) is 106 Å². The van der Waals surface area contributed by atoms with Crippen molar-refractivity contribution in [1.82, 2.24) is 10.2 Å². The Hall–Kier alpha value is -2.64. The van der Waals surface area contributed by atoms with Gasteiger partial charge in [-0.05, 0) is 10.7 Å². The molecule has 1 atom stereocenters. The van der Waals surface area contributed by atoms with Gasteiger partial charge in [-0.2, -0.15) is 5.10 Å². The molecular weight excluding hydrogens is 328 g/mol. The van der Waals surface area contributed by atoms with Crippen LogP contribution in [-0.4, -0.2) is 35.0 Å². The molecule has 1 aliphatic heterocycles. The number of benzene rings is 1. The van der Waals surface area contributed by atoms with Crippen molar-refractivity contribution in [3.8, 4) is 0 Å². The van der Waals surface area contributed by atoms with Crippen molar-refractivity contribution in [2.24, 2.45) is 0 Å². The summed E-state index contributed by atoms with van der Waals surface area (Å²) >= 11 is 0. The minimum Gasteiger partial charge on any atom is -0.396 e. The van der Waals surface area contributed by atoms with Crippen molar-refractivity contribution in [2.75, 3.05) is 30.7 Å². The number of nitrogens with two attached hydrogens (primary N) is 1. The Balaban J connectivity index is 1.66. The molecule has 7 heteroatoms. The fourth-order valence-corrected chi connectivity index (χ4v) is 3.84. The summed E-state index contributed by atoms with van der Waals surface area (Å²) in [5.41, 5.74) is 10.8. The molecule has 26 heavy (non-hydrogen) atoms. The number of nitrogens with zero attached hydrogens (tertiary/aromatic N) is 1. The molecule has 1 aliphatic rings. The van der Waals surface area contributed by atoms with E-state index in [0.717, 1.165) is 49.5 Å². The SMILES string of the molecule is Nc1[nH]nc2[nH+]c(NCCCO)c3c(c12)CC[NH+](Cc1ccccc1)C3. The quantitative estimate of drug-likeness (QED) is 0.399.